The maximum absolute atomic E-state index is 12.5. The summed E-state index contributed by atoms with van der Waals surface area (Å²) in [5.74, 6) is 0.137. The number of aromatic nitrogens is 1. The van der Waals surface area contributed by atoms with Crippen molar-refractivity contribution in [1.29, 1.82) is 0 Å². The second-order valence-electron chi connectivity index (χ2n) is 5.52. The van der Waals surface area contributed by atoms with Crippen molar-refractivity contribution in [2.24, 2.45) is 0 Å². The van der Waals surface area contributed by atoms with Crippen molar-refractivity contribution in [1.82, 2.24) is 10.3 Å². The van der Waals surface area contributed by atoms with Gasteiger partial charge in [-0.1, -0.05) is 11.3 Å². The van der Waals surface area contributed by atoms with Gasteiger partial charge in [-0.2, -0.15) is 0 Å². The smallest absolute Gasteiger partial charge is 0.265 e. The van der Waals surface area contributed by atoms with E-state index >= 15 is 0 Å². The molecule has 3 N–H and O–H groups in total. The highest BCUT2D eigenvalue weighted by molar-refractivity contribution is 7.18. The zero-order chi connectivity index (χ0) is 15.6. The first kappa shape index (κ1) is 16.0. The monoisotopic (exact) mass is 312 g/mol. The lowest BCUT2D eigenvalue weighted by Crippen LogP contribution is -2.50. The van der Waals surface area contributed by atoms with Crippen LogP contribution in [0.4, 0.5) is 10.9 Å². The highest BCUT2D eigenvalue weighted by Gasteiger charge is 2.39. The molecule has 0 radical (unpaired) electrons. The van der Waals surface area contributed by atoms with Crippen LogP contribution in [0.25, 0.3) is 0 Å². The number of carbonyl (C=O) groups is 1. The van der Waals surface area contributed by atoms with Crippen LogP contribution in [0.15, 0.2) is 0 Å². The fourth-order valence-corrected chi connectivity index (χ4v) is 3.44. The Kier molecular flexibility index (Phi) is 4.73. The highest BCUT2D eigenvalue weighted by atomic mass is 32.1. The van der Waals surface area contributed by atoms with Crippen LogP contribution >= 0.6 is 11.3 Å². The Morgan fingerprint density at radius 2 is 2.24 bits per heavy atom. The Hall–Kier alpha value is -1.34. The molecule has 2 heterocycles. The number of nitrogens with zero attached hydrogens (tertiary/aromatic N) is 2. The van der Waals surface area contributed by atoms with Gasteiger partial charge >= 0.3 is 0 Å². The molecular weight excluding hydrogens is 288 g/mol. The summed E-state index contributed by atoms with van der Waals surface area (Å²) in [5, 5.41) is 3.85. The number of thiazole rings is 1. The van der Waals surface area contributed by atoms with Gasteiger partial charge in [-0.25, -0.2) is 4.98 Å². The van der Waals surface area contributed by atoms with Gasteiger partial charge in [0, 0.05) is 19.7 Å². The number of amides is 1. The number of nitrogen functional groups attached to an aromatic ring is 1. The van der Waals surface area contributed by atoms with Crippen LogP contribution in [0.1, 0.15) is 43.8 Å². The Morgan fingerprint density at radius 1 is 1.57 bits per heavy atom. The molecule has 1 fully saturated rings. The van der Waals surface area contributed by atoms with Crippen LogP contribution < -0.4 is 16.0 Å². The average molecular weight is 312 g/mol. The number of ether oxygens (including phenoxy) is 1. The van der Waals surface area contributed by atoms with Gasteiger partial charge in [0.1, 0.15) is 10.7 Å². The Bertz CT molecular complexity index is 515. The second kappa shape index (κ2) is 6.19. The van der Waals surface area contributed by atoms with Gasteiger partial charge in [-0.3, -0.25) is 4.79 Å². The van der Waals surface area contributed by atoms with Gasteiger partial charge in [0.05, 0.1) is 11.6 Å². The largest absolute Gasteiger partial charge is 0.382 e. The minimum Gasteiger partial charge on any atom is -0.382 e. The molecule has 21 heavy (non-hydrogen) atoms. The number of hydrogen-bond donors (Lipinski definition) is 2. The quantitative estimate of drug-likeness (QED) is 0.867. The summed E-state index contributed by atoms with van der Waals surface area (Å²) in [6.45, 7) is 10.4. The Labute approximate surface area is 129 Å². The normalized spacial score (nSPS) is 25.0. The summed E-state index contributed by atoms with van der Waals surface area (Å²) >= 11 is 1.35. The van der Waals surface area contributed by atoms with Crippen LogP contribution in [0.2, 0.25) is 0 Å². The molecule has 0 saturated carbocycles. The predicted octanol–water partition coefficient (Wildman–Crippen LogP) is 1.87. The van der Waals surface area contributed by atoms with Crippen LogP contribution in [0.5, 0.6) is 0 Å². The third-order valence-electron chi connectivity index (χ3n) is 4.17. The molecule has 1 saturated heterocycles. The molecule has 1 aliphatic heterocycles. The first-order chi connectivity index (χ1) is 9.91. The van der Waals surface area contributed by atoms with Gasteiger partial charge in [0.15, 0.2) is 5.13 Å². The molecule has 1 aromatic rings. The minimum atomic E-state index is -0.344. The Balaban J connectivity index is 2.16. The number of hydrogen-bond acceptors (Lipinski definition) is 6. The number of rotatable bonds is 5. The first-order valence-electron chi connectivity index (χ1n) is 7.36. The average Bonchev–Trinajstić information content (AvgIpc) is 2.96. The van der Waals surface area contributed by atoms with Gasteiger partial charge in [0.2, 0.25) is 0 Å². The van der Waals surface area contributed by atoms with E-state index in [1.165, 1.54) is 11.3 Å². The predicted molar refractivity (Wildman–Crippen MR) is 86.0 cm³/mol. The third kappa shape index (κ3) is 3.13. The molecule has 0 bridgehead atoms. The van der Waals surface area contributed by atoms with Crippen LogP contribution in [0.3, 0.4) is 0 Å². The third-order valence-corrected chi connectivity index (χ3v) is 5.30. The van der Waals surface area contributed by atoms with E-state index in [2.05, 4.69) is 29.0 Å². The van der Waals surface area contributed by atoms with Gasteiger partial charge in [0.25, 0.3) is 5.91 Å². The van der Waals surface area contributed by atoms with Crippen molar-refractivity contribution in [2.75, 3.05) is 30.3 Å². The first-order valence-corrected chi connectivity index (χ1v) is 8.18. The number of carbonyl (C=O) groups excluding carboxylic acids is 1. The van der Waals surface area contributed by atoms with Gasteiger partial charge in [-0.15, -0.1) is 0 Å². The van der Waals surface area contributed by atoms with E-state index in [0.29, 0.717) is 17.3 Å². The van der Waals surface area contributed by atoms with Crippen LogP contribution in [0, 0.1) is 0 Å². The van der Waals surface area contributed by atoms with Crippen molar-refractivity contribution >= 4 is 28.2 Å². The summed E-state index contributed by atoms with van der Waals surface area (Å²) in [6.07, 6.45) is 0.805. The van der Waals surface area contributed by atoms with Gasteiger partial charge < -0.3 is 20.7 Å². The molecule has 6 nitrogen and oxygen atoms in total. The zero-order valence-corrected chi connectivity index (χ0v) is 13.9. The van der Waals surface area contributed by atoms with Gasteiger partial charge in [-0.05, 0) is 34.1 Å². The lowest BCUT2D eigenvalue weighted by Gasteiger charge is -2.28. The molecule has 7 heteroatoms. The van der Waals surface area contributed by atoms with Crippen LogP contribution in [-0.2, 0) is 4.74 Å². The summed E-state index contributed by atoms with van der Waals surface area (Å²) in [4.78, 5) is 19.4. The number of nitrogens with one attached hydrogen (secondary N) is 1. The Morgan fingerprint density at radius 3 is 2.76 bits per heavy atom. The van der Waals surface area contributed by atoms with Crippen molar-refractivity contribution in [2.45, 2.75) is 45.8 Å². The number of anilines is 2. The maximum Gasteiger partial charge on any atom is 0.265 e. The molecule has 118 valence electrons. The van der Waals surface area contributed by atoms with E-state index in [-0.39, 0.29) is 17.6 Å². The molecular formula is C14H24N4O2S. The van der Waals surface area contributed by atoms with Crippen molar-refractivity contribution in [3.8, 4) is 0 Å². The summed E-state index contributed by atoms with van der Waals surface area (Å²) < 4.78 is 5.55. The molecule has 0 spiro atoms. The summed E-state index contributed by atoms with van der Waals surface area (Å²) in [5.41, 5.74) is 5.58. The molecule has 1 aliphatic rings. The molecule has 1 aromatic heterocycles. The molecule has 1 amide bonds. The second-order valence-corrected chi connectivity index (χ2v) is 6.50. The fraction of sp³-hybridized carbons (Fsp3) is 0.714. The van der Waals surface area contributed by atoms with E-state index in [1.807, 2.05) is 13.8 Å². The lowest BCUT2D eigenvalue weighted by atomic mass is 9.94. The van der Waals surface area contributed by atoms with E-state index < -0.39 is 0 Å². The minimum absolute atomic E-state index is 0.00199. The van der Waals surface area contributed by atoms with E-state index in [9.17, 15) is 4.79 Å². The van der Waals surface area contributed by atoms with E-state index in [1.54, 1.807) is 0 Å². The molecule has 2 rings (SSSR count). The molecule has 0 aliphatic carbocycles. The SMILES string of the molecule is CCN(CC)c1nc(N)c(C(=O)NC2(C)CCOC2C)s1. The standard InChI is InChI=1S/C14H24N4O2S/c1-5-18(6-2)13-16-11(15)10(21-13)12(19)17-14(4)7-8-20-9(14)3/h9H,5-8,15H2,1-4H3,(H,17,19). The fourth-order valence-electron chi connectivity index (χ4n) is 2.43. The molecule has 2 unspecified atom stereocenters. The topological polar surface area (TPSA) is 80.5 Å². The van der Waals surface area contributed by atoms with Crippen molar-refractivity contribution in [3.63, 3.8) is 0 Å². The summed E-state index contributed by atoms with van der Waals surface area (Å²) in [6, 6.07) is 0. The summed E-state index contributed by atoms with van der Waals surface area (Å²) in [7, 11) is 0. The highest BCUT2D eigenvalue weighted by Crippen LogP contribution is 2.30. The molecule has 2 atom stereocenters. The van der Waals surface area contributed by atoms with Crippen molar-refractivity contribution < 1.29 is 9.53 Å². The maximum atomic E-state index is 12.5. The van der Waals surface area contributed by atoms with Crippen molar-refractivity contribution in [3.05, 3.63) is 4.88 Å². The number of nitrogens with two attached hydrogens (primary N) is 1. The zero-order valence-electron chi connectivity index (χ0n) is 13.1. The van der Waals surface area contributed by atoms with E-state index in [4.69, 9.17) is 10.5 Å². The van der Waals surface area contributed by atoms with E-state index in [0.717, 1.165) is 24.6 Å². The molecule has 0 aromatic carbocycles. The lowest BCUT2D eigenvalue weighted by molar-refractivity contribution is 0.0730. The van der Waals surface area contributed by atoms with Crippen LogP contribution in [-0.4, -0.2) is 42.2 Å².